The summed E-state index contributed by atoms with van der Waals surface area (Å²) in [5.41, 5.74) is -0.647. The maximum atomic E-state index is 12.3. The van der Waals surface area contributed by atoms with Crippen LogP contribution in [0.3, 0.4) is 0 Å². The molecule has 0 aliphatic carbocycles. The van der Waals surface area contributed by atoms with Crippen molar-refractivity contribution in [1.29, 1.82) is 0 Å². The quantitative estimate of drug-likeness (QED) is 0.791. The van der Waals surface area contributed by atoms with Crippen LogP contribution in [0.2, 0.25) is 0 Å². The second-order valence-corrected chi connectivity index (χ2v) is 8.34. The van der Waals surface area contributed by atoms with Gasteiger partial charge in [0.05, 0.1) is 6.54 Å². The number of hydrogen-bond donors (Lipinski definition) is 1. The summed E-state index contributed by atoms with van der Waals surface area (Å²) in [6.07, 6.45) is 2.95. The summed E-state index contributed by atoms with van der Waals surface area (Å²) in [5, 5.41) is 1.40. The number of rotatable bonds is 2. The molecule has 7 heteroatoms. The Morgan fingerprint density at radius 3 is 2.81 bits per heavy atom. The molecule has 1 saturated heterocycles. The third kappa shape index (κ3) is 4.38. The van der Waals surface area contributed by atoms with Gasteiger partial charge in [-0.3, -0.25) is 4.79 Å². The second kappa shape index (κ2) is 7.31. The number of nitrogens with one attached hydrogen (secondary N) is 1. The van der Waals surface area contributed by atoms with E-state index in [0.717, 1.165) is 22.7 Å². The van der Waals surface area contributed by atoms with E-state index in [1.165, 1.54) is 0 Å². The molecule has 3 rings (SSSR count). The van der Waals surface area contributed by atoms with Crippen molar-refractivity contribution in [3.63, 3.8) is 0 Å². The fourth-order valence-corrected chi connectivity index (χ4v) is 3.44. The molecule has 6 nitrogen and oxygen atoms in total. The standard InChI is InChI=1S/C19H23BrN2O4/c1-19(2,3)26-18(24)22-8-4-5-13(11-22)25-12-6-7-14-15(9-12)16(20)10-21-17(14)23/h6-7,9-10,13H,4-5,8,11H2,1-3H3,(H,21,23)/t13-/m0/s1. The maximum Gasteiger partial charge on any atom is 0.410 e. The number of likely N-dealkylation sites (tertiary alicyclic amines) is 1. The molecule has 1 fully saturated rings. The van der Waals surface area contributed by atoms with Crippen LogP contribution in [0.25, 0.3) is 10.8 Å². The number of piperidine rings is 1. The predicted molar refractivity (Wildman–Crippen MR) is 104 cm³/mol. The average Bonchev–Trinajstić information content (AvgIpc) is 2.57. The summed E-state index contributed by atoms with van der Waals surface area (Å²) in [6.45, 7) is 6.74. The molecule has 1 aromatic carbocycles. The highest BCUT2D eigenvalue weighted by atomic mass is 79.9. The molecule has 26 heavy (non-hydrogen) atoms. The monoisotopic (exact) mass is 422 g/mol. The molecule has 0 spiro atoms. The lowest BCUT2D eigenvalue weighted by molar-refractivity contribution is 0.00777. The Kier molecular flexibility index (Phi) is 5.27. The molecule has 1 aromatic heterocycles. The van der Waals surface area contributed by atoms with Gasteiger partial charge in [-0.2, -0.15) is 0 Å². The van der Waals surface area contributed by atoms with Crippen molar-refractivity contribution >= 4 is 32.8 Å². The van der Waals surface area contributed by atoms with Crippen molar-refractivity contribution in [3.05, 3.63) is 39.2 Å². The van der Waals surface area contributed by atoms with Crippen molar-refractivity contribution < 1.29 is 14.3 Å². The van der Waals surface area contributed by atoms with Gasteiger partial charge in [0, 0.05) is 28.0 Å². The first kappa shape index (κ1) is 18.8. The largest absolute Gasteiger partial charge is 0.489 e. The topological polar surface area (TPSA) is 71.6 Å². The molecular formula is C19H23BrN2O4. The molecule has 0 saturated carbocycles. The molecule has 1 amide bonds. The molecule has 1 N–H and O–H groups in total. The number of aromatic nitrogens is 1. The summed E-state index contributed by atoms with van der Waals surface area (Å²) in [4.78, 5) is 28.5. The number of ether oxygens (including phenoxy) is 2. The minimum atomic E-state index is -0.511. The Morgan fingerprint density at radius 2 is 2.08 bits per heavy atom. The lowest BCUT2D eigenvalue weighted by Crippen LogP contribution is -2.46. The van der Waals surface area contributed by atoms with Crippen LogP contribution in [-0.4, -0.2) is 40.8 Å². The minimum absolute atomic E-state index is 0.102. The summed E-state index contributed by atoms with van der Waals surface area (Å²) < 4.78 is 12.3. The van der Waals surface area contributed by atoms with E-state index >= 15 is 0 Å². The van der Waals surface area contributed by atoms with Crippen LogP contribution >= 0.6 is 15.9 Å². The van der Waals surface area contributed by atoms with Crippen molar-refractivity contribution in [2.75, 3.05) is 13.1 Å². The smallest absolute Gasteiger partial charge is 0.410 e. The predicted octanol–water partition coefficient (Wildman–Crippen LogP) is 4.07. The summed E-state index contributed by atoms with van der Waals surface area (Å²) >= 11 is 3.45. The third-order valence-electron chi connectivity index (χ3n) is 4.16. The van der Waals surface area contributed by atoms with Gasteiger partial charge in [-0.15, -0.1) is 0 Å². The number of nitrogens with zero attached hydrogens (tertiary/aromatic N) is 1. The number of pyridine rings is 1. The molecule has 2 heterocycles. The zero-order valence-electron chi connectivity index (χ0n) is 15.2. The number of aromatic amines is 1. The fourth-order valence-electron chi connectivity index (χ4n) is 3.00. The number of carbonyl (C=O) groups excluding carboxylic acids is 1. The van der Waals surface area contributed by atoms with E-state index in [4.69, 9.17) is 9.47 Å². The van der Waals surface area contributed by atoms with Crippen LogP contribution in [0.4, 0.5) is 4.79 Å². The Hall–Kier alpha value is -2.02. The number of benzene rings is 1. The van der Waals surface area contributed by atoms with Gasteiger partial charge < -0.3 is 19.4 Å². The minimum Gasteiger partial charge on any atom is -0.489 e. The Balaban J connectivity index is 1.72. The normalized spacial score (nSPS) is 18.0. The second-order valence-electron chi connectivity index (χ2n) is 7.48. The van der Waals surface area contributed by atoms with E-state index in [2.05, 4.69) is 20.9 Å². The molecule has 1 aliphatic rings. The number of H-pyrrole nitrogens is 1. The van der Waals surface area contributed by atoms with Crippen LogP contribution in [0.1, 0.15) is 33.6 Å². The first-order valence-electron chi connectivity index (χ1n) is 8.68. The first-order chi connectivity index (χ1) is 12.2. The summed E-state index contributed by atoms with van der Waals surface area (Å²) in [5.74, 6) is 0.680. The lowest BCUT2D eigenvalue weighted by atomic mass is 10.1. The number of carbonyl (C=O) groups is 1. The highest BCUT2D eigenvalue weighted by molar-refractivity contribution is 9.10. The fraction of sp³-hybridized carbons (Fsp3) is 0.474. The van der Waals surface area contributed by atoms with Gasteiger partial charge in [-0.25, -0.2) is 4.79 Å². The highest BCUT2D eigenvalue weighted by Crippen LogP contribution is 2.27. The van der Waals surface area contributed by atoms with Crippen molar-refractivity contribution in [3.8, 4) is 5.75 Å². The Bertz CT molecular complexity index is 872. The van der Waals surface area contributed by atoms with Crippen LogP contribution in [0.5, 0.6) is 5.75 Å². The zero-order chi connectivity index (χ0) is 18.9. The van der Waals surface area contributed by atoms with Gasteiger partial charge in [0.25, 0.3) is 5.56 Å². The number of halogens is 1. The molecule has 1 aliphatic heterocycles. The van der Waals surface area contributed by atoms with Gasteiger partial charge >= 0.3 is 6.09 Å². The van der Waals surface area contributed by atoms with Crippen LogP contribution < -0.4 is 10.3 Å². The summed E-state index contributed by atoms with van der Waals surface area (Å²) in [6, 6.07) is 5.39. The van der Waals surface area contributed by atoms with Crippen LogP contribution in [0, 0.1) is 0 Å². The van der Waals surface area contributed by atoms with Crippen molar-refractivity contribution in [2.24, 2.45) is 0 Å². The van der Waals surface area contributed by atoms with Gasteiger partial charge in [-0.1, -0.05) is 0 Å². The molecule has 140 valence electrons. The van der Waals surface area contributed by atoms with Gasteiger partial charge in [-0.05, 0) is 67.7 Å². The van der Waals surface area contributed by atoms with Crippen LogP contribution in [0.15, 0.2) is 33.7 Å². The van der Waals surface area contributed by atoms with Crippen molar-refractivity contribution in [1.82, 2.24) is 9.88 Å². The lowest BCUT2D eigenvalue weighted by Gasteiger charge is -2.34. The first-order valence-corrected chi connectivity index (χ1v) is 9.48. The van der Waals surface area contributed by atoms with Crippen molar-refractivity contribution in [2.45, 2.75) is 45.3 Å². The van der Waals surface area contributed by atoms with Gasteiger partial charge in [0.15, 0.2) is 0 Å². The zero-order valence-corrected chi connectivity index (χ0v) is 16.8. The third-order valence-corrected chi connectivity index (χ3v) is 4.81. The highest BCUT2D eigenvalue weighted by Gasteiger charge is 2.28. The number of hydrogen-bond acceptors (Lipinski definition) is 4. The maximum absolute atomic E-state index is 12.3. The van der Waals surface area contributed by atoms with Gasteiger partial charge in [0.2, 0.25) is 0 Å². The number of amides is 1. The van der Waals surface area contributed by atoms with E-state index in [1.54, 1.807) is 23.2 Å². The molecule has 0 radical (unpaired) electrons. The van der Waals surface area contributed by atoms with E-state index < -0.39 is 5.60 Å². The Morgan fingerprint density at radius 1 is 1.31 bits per heavy atom. The van der Waals surface area contributed by atoms with E-state index in [-0.39, 0.29) is 17.8 Å². The molecular weight excluding hydrogens is 400 g/mol. The molecule has 1 atom stereocenters. The molecule has 0 bridgehead atoms. The van der Waals surface area contributed by atoms with E-state index in [9.17, 15) is 9.59 Å². The Labute approximate surface area is 160 Å². The van der Waals surface area contributed by atoms with E-state index in [0.29, 0.717) is 24.2 Å². The molecule has 2 aromatic rings. The van der Waals surface area contributed by atoms with Gasteiger partial charge in [0.1, 0.15) is 17.5 Å². The number of fused-ring (bicyclic) bond motifs is 1. The van der Waals surface area contributed by atoms with E-state index in [1.807, 2.05) is 26.8 Å². The summed E-state index contributed by atoms with van der Waals surface area (Å²) in [7, 11) is 0. The molecule has 0 unspecified atom stereocenters. The van der Waals surface area contributed by atoms with Crippen LogP contribution in [-0.2, 0) is 4.74 Å². The SMILES string of the molecule is CC(C)(C)OC(=O)N1CCC[C@H](Oc2ccc3c(=O)[nH]cc(Br)c3c2)C1. The average molecular weight is 423 g/mol.